The molecule has 0 atom stereocenters. The number of H-pyrrole nitrogens is 1. The van der Waals surface area contributed by atoms with Crippen LogP contribution in [0, 0.1) is 4.77 Å². The van der Waals surface area contributed by atoms with Crippen molar-refractivity contribution in [1.29, 1.82) is 0 Å². The van der Waals surface area contributed by atoms with Gasteiger partial charge in [0.1, 0.15) is 5.69 Å². The van der Waals surface area contributed by atoms with Crippen molar-refractivity contribution < 1.29 is 0 Å². The van der Waals surface area contributed by atoms with Crippen LogP contribution < -0.4 is 0 Å². The van der Waals surface area contributed by atoms with E-state index in [1.807, 2.05) is 12.1 Å². The molecule has 0 saturated carbocycles. The molecule has 3 rings (SSSR count). The van der Waals surface area contributed by atoms with E-state index in [4.69, 9.17) is 12.2 Å². The van der Waals surface area contributed by atoms with Gasteiger partial charge in [0, 0.05) is 18.6 Å². The molecule has 0 aliphatic rings. The lowest BCUT2D eigenvalue weighted by molar-refractivity contribution is 1.01. The molecule has 3 aromatic heterocycles. The van der Waals surface area contributed by atoms with Gasteiger partial charge in [-0.25, -0.2) is 4.98 Å². The summed E-state index contributed by atoms with van der Waals surface area (Å²) in [6.07, 6.45) is 8.28. The van der Waals surface area contributed by atoms with Crippen LogP contribution in [0.25, 0.3) is 17.2 Å². The zero-order chi connectivity index (χ0) is 12.4. The van der Waals surface area contributed by atoms with Crippen LogP contribution in [-0.2, 0) is 0 Å². The molecule has 3 aromatic rings. The first-order valence-electron chi connectivity index (χ1n) is 5.20. The fraction of sp³-hybridized carbons (Fsp3) is 0. The molecule has 0 unspecified atom stereocenters. The Kier molecular flexibility index (Phi) is 2.66. The number of nitrogens with zero attached hydrogens (tertiary/aromatic N) is 5. The maximum absolute atomic E-state index is 5.22. The van der Waals surface area contributed by atoms with E-state index >= 15 is 0 Å². The van der Waals surface area contributed by atoms with Crippen molar-refractivity contribution in [3.63, 3.8) is 0 Å². The highest BCUT2D eigenvalue weighted by Gasteiger charge is 2.11. The summed E-state index contributed by atoms with van der Waals surface area (Å²) in [7, 11) is 0. The number of pyridine rings is 1. The maximum Gasteiger partial charge on any atom is 0.200 e. The van der Waals surface area contributed by atoms with Gasteiger partial charge in [0.05, 0.1) is 18.1 Å². The Morgan fingerprint density at radius 2 is 2.00 bits per heavy atom. The van der Waals surface area contributed by atoms with Crippen LogP contribution in [0.5, 0.6) is 0 Å². The highest BCUT2D eigenvalue weighted by atomic mass is 32.1. The molecular weight excluding hydrogens is 248 g/mol. The van der Waals surface area contributed by atoms with Gasteiger partial charge in [-0.05, 0) is 24.4 Å². The first kappa shape index (κ1) is 10.7. The number of rotatable bonds is 2. The third kappa shape index (κ3) is 1.80. The Morgan fingerprint density at radius 1 is 1.11 bits per heavy atom. The van der Waals surface area contributed by atoms with Crippen LogP contribution in [0.2, 0.25) is 0 Å². The van der Waals surface area contributed by atoms with Gasteiger partial charge in [0.25, 0.3) is 0 Å². The first-order chi connectivity index (χ1) is 8.86. The molecule has 18 heavy (non-hydrogen) atoms. The first-order valence-corrected chi connectivity index (χ1v) is 5.61. The van der Waals surface area contributed by atoms with E-state index in [0.717, 1.165) is 5.69 Å². The lowest BCUT2D eigenvalue weighted by Gasteiger charge is -2.04. The minimum Gasteiger partial charge on any atom is -0.265 e. The molecule has 0 aliphatic heterocycles. The molecule has 0 saturated heterocycles. The lowest BCUT2D eigenvalue weighted by Crippen LogP contribution is -1.99. The van der Waals surface area contributed by atoms with E-state index in [9.17, 15) is 0 Å². The van der Waals surface area contributed by atoms with E-state index in [-0.39, 0.29) is 0 Å². The summed E-state index contributed by atoms with van der Waals surface area (Å²) in [5.74, 6) is 0.612. The van der Waals surface area contributed by atoms with Crippen molar-refractivity contribution in [3.8, 4) is 17.2 Å². The highest BCUT2D eigenvalue weighted by molar-refractivity contribution is 7.71. The molecule has 0 radical (unpaired) electrons. The quantitative estimate of drug-likeness (QED) is 0.707. The van der Waals surface area contributed by atoms with E-state index in [2.05, 4.69) is 25.1 Å². The van der Waals surface area contributed by atoms with Crippen molar-refractivity contribution in [1.82, 2.24) is 29.7 Å². The molecule has 0 aliphatic carbocycles. The van der Waals surface area contributed by atoms with E-state index in [1.165, 1.54) is 0 Å². The Labute approximate surface area is 107 Å². The van der Waals surface area contributed by atoms with Crippen LogP contribution in [0.4, 0.5) is 0 Å². The standard InChI is InChI=1S/C11H8N6S/c18-11-16-15-10(9-7-13-4-5-14-9)17(11)8-2-1-3-12-6-8/h1-7H,(H,16,18). The molecule has 1 N–H and O–H groups in total. The number of nitrogens with one attached hydrogen (secondary N) is 1. The number of hydrogen-bond donors (Lipinski definition) is 1. The SMILES string of the molecule is S=c1[nH]nc(-c2cnccn2)n1-c1cccnc1. The minimum atomic E-state index is 0.489. The fourth-order valence-corrected chi connectivity index (χ4v) is 1.85. The molecule has 0 bridgehead atoms. The van der Waals surface area contributed by atoms with Crippen molar-refractivity contribution in [2.75, 3.05) is 0 Å². The molecule has 0 spiro atoms. The van der Waals surface area contributed by atoms with Gasteiger partial charge in [-0.15, -0.1) is 0 Å². The second-order valence-electron chi connectivity index (χ2n) is 3.49. The Morgan fingerprint density at radius 3 is 2.72 bits per heavy atom. The third-order valence-electron chi connectivity index (χ3n) is 2.37. The van der Waals surface area contributed by atoms with E-state index < -0.39 is 0 Å². The van der Waals surface area contributed by atoms with Crippen LogP contribution in [0.1, 0.15) is 0 Å². The molecule has 0 aromatic carbocycles. The predicted molar refractivity (Wildman–Crippen MR) is 67.6 cm³/mol. The molecular formula is C11H8N6S. The van der Waals surface area contributed by atoms with Crippen LogP contribution in [0.3, 0.4) is 0 Å². The molecule has 6 nitrogen and oxygen atoms in total. The van der Waals surface area contributed by atoms with Gasteiger partial charge in [-0.1, -0.05) is 0 Å². The zero-order valence-electron chi connectivity index (χ0n) is 9.19. The van der Waals surface area contributed by atoms with Crippen molar-refractivity contribution in [3.05, 3.63) is 47.9 Å². The Balaban J connectivity index is 2.23. The second-order valence-corrected chi connectivity index (χ2v) is 3.88. The Bertz CT molecular complexity index is 703. The summed E-state index contributed by atoms with van der Waals surface area (Å²) >= 11 is 5.22. The average Bonchev–Trinajstić information content (AvgIpc) is 2.83. The molecule has 0 fully saturated rings. The second kappa shape index (κ2) is 4.46. The molecule has 88 valence electrons. The van der Waals surface area contributed by atoms with Crippen LogP contribution in [0.15, 0.2) is 43.1 Å². The van der Waals surface area contributed by atoms with Crippen molar-refractivity contribution in [2.45, 2.75) is 0 Å². The normalized spacial score (nSPS) is 10.4. The van der Waals surface area contributed by atoms with Gasteiger partial charge in [-0.2, -0.15) is 5.10 Å². The summed E-state index contributed by atoms with van der Waals surface area (Å²) in [4.78, 5) is 12.3. The van der Waals surface area contributed by atoms with Crippen LogP contribution in [-0.4, -0.2) is 29.7 Å². The molecule has 3 heterocycles. The maximum atomic E-state index is 5.22. The number of aromatic amines is 1. The highest BCUT2D eigenvalue weighted by Crippen LogP contribution is 2.17. The summed E-state index contributed by atoms with van der Waals surface area (Å²) in [6, 6.07) is 3.74. The zero-order valence-corrected chi connectivity index (χ0v) is 10.0. The summed E-state index contributed by atoms with van der Waals surface area (Å²) < 4.78 is 2.26. The summed E-state index contributed by atoms with van der Waals surface area (Å²) in [6.45, 7) is 0. The minimum absolute atomic E-state index is 0.489. The van der Waals surface area contributed by atoms with Gasteiger partial charge in [-0.3, -0.25) is 19.6 Å². The average molecular weight is 256 g/mol. The van der Waals surface area contributed by atoms with Gasteiger partial charge >= 0.3 is 0 Å². The van der Waals surface area contributed by atoms with Gasteiger partial charge in [0.2, 0.25) is 0 Å². The molecule has 7 heteroatoms. The third-order valence-corrected chi connectivity index (χ3v) is 2.64. The fourth-order valence-electron chi connectivity index (χ4n) is 1.61. The smallest absolute Gasteiger partial charge is 0.200 e. The van der Waals surface area contributed by atoms with Crippen LogP contribution >= 0.6 is 12.2 Å². The number of hydrogen-bond acceptors (Lipinski definition) is 5. The van der Waals surface area contributed by atoms with Gasteiger partial charge < -0.3 is 0 Å². The van der Waals surface area contributed by atoms with E-state index in [1.54, 1.807) is 35.6 Å². The van der Waals surface area contributed by atoms with E-state index in [0.29, 0.717) is 16.3 Å². The lowest BCUT2D eigenvalue weighted by atomic mass is 10.3. The topological polar surface area (TPSA) is 72.3 Å². The number of aromatic nitrogens is 6. The summed E-state index contributed by atoms with van der Waals surface area (Å²) in [5.41, 5.74) is 1.48. The predicted octanol–water partition coefficient (Wildman–Crippen LogP) is 1.78. The van der Waals surface area contributed by atoms with Gasteiger partial charge in [0.15, 0.2) is 10.6 Å². The summed E-state index contributed by atoms with van der Waals surface area (Å²) in [5, 5.41) is 6.93. The molecule has 0 amide bonds. The monoisotopic (exact) mass is 256 g/mol. The largest absolute Gasteiger partial charge is 0.265 e. The van der Waals surface area contributed by atoms with Crippen molar-refractivity contribution >= 4 is 12.2 Å². The Hall–Kier alpha value is -2.41. The van der Waals surface area contributed by atoms with Crippen molar-refractivity contribution in [2.24, 2.45) is 0 Å².